The molecule has 1 heterocycles. The first-order valence-electron chi connectivity index (χ1n) is 4.45. The van der Waals surface area contributed by atoms with E-state index in [1.165, 1.54) is 12.3 Å². The number of anilines is 1. The lowest BCUT2D eigenvalue weighted by Crippen LogP contribution is -2.27. The fraction of sp³-hybridized carbons (Fsp3) is 0.400. The Kier molecular flexibility index (Phi) is 2.71. The van der Waals surface area contributed by atoms with Gasteiger partial charge < -0.3 is 10.5 Å². The molecule has 0 aromatic carbocycles. The number of nitrogens with two attached hydrogens (primary N) is 1. The number of nitriles is 1. The van der Waals surface area contributed by atoms with Gasteiger partial charge in [0.1, 0.15) is 17.4 Å². The summed E-state index contributed by atoms with van der Waals surface area (Å²) < 4.78 is 6.19. The number of hydrogen-bond donors (Lipinski definition) is 1. The van der Waals surface area contributed by atoms with Crippen LogP contribution < -0.4 is 5.73 Å². The van der Waals surface area contributed by atoms with Crippen molar-refractivity contribution in [3.63, 3.8) is 0 Å². The Morgan fingerprint density at radius 3 is 2.67 bits per heavy atom. The Balaban J connectivity index is 2.97. The van der Waals surface area contributed by atoms with Gasteiger partial charge in [0.05, 0.1) is 5.69 Å². The maximum Gasteiger partial charge on any atom is 0.419 e. The van der Waals surface area contributed by atoms with E-state index in [1.54, 1.807) is 20.8 Å². The molecule has 5 heteroatoms. The van der Waals surface area contributed by atoms with Gasteiger partial charge in [-0.1, -0.05) is 0 Å². The Morgan fingerprint density at radius 2 is 2.20 bits per heavy atom. The molecule has 1 aromatic rings. The van der Waals surface area contributed by atoms with E-state index in [4.69, 9.17) is 15.7 Å². The van der Waals surface area contributed by atoms with Gasteiger partial charge in [-0.25, -0.2) is 9.36 Å². The van der Waals surface area contributed by atoms with E-state index in [2.05, 4.69) is 0 Å². The lowest BCUT2D eigenvalue weighted by molar-refractivity contribution is 0.0536. The van der Waals surface area contributed by atoms with Crippen molar-refractivity contribution in [3.05, 3.63) is 18.0 Å². The topological polar surface area (TPSA) is 81.0 Å². The number of nitrogens with zero attached hydrogens (tertiary/aromatic N) is 2. The zero-order valence-electron chi connectivity index (χ0n) is 8.94. The smallest absolute Gasteiger partial charge is 0.419 e. The molecule has 0 aliphatic rings. The van der Waals surface area contributed by atoms with Gasteiger partial charge in [0, 0.05) is 6.20 Å². The molecule has 0 aliphatic heterocycles. The molecule has 0 aliphatic carbocycles. The molecule has 0 spiro atoms. The second-order valence-electron chi connectivity index (χ2n) is 4.12. The fourth-order valence-corrected chi connectivity index (χ4v) is 1.03. The summed E-state index contributed by atoms with van der Waals surface area (Å²) >= 11 is 0. The van der Waals surface area contributed by atoms with E-state index in [1.807, 2.05) is 6.07 Å². The third-order valence-electron chi connectivity index (χ3n) is 1.55. The van der Waals surface area contributed by atoms with Gasteiger partial charge >= 0.3 is 6.09 Å². The molecule has 80 valence electrons. The second kappa shape index (κ2) is 3.65. The molecular formula is C10H13N3O2. The van der Waals surface area contributed by atoms with Crippen LogP contribution in [0.5, 0.6) is 0 Å². The molecular weight excluding hydrogens is 194 g/mol. The highest BCUT2D eigenvalue weighted by Crippen LogP contribution is 2.14. The number of hydrogen-bond acceptors (Lipinski definition) is 4. The number of ether oxygens (including phenoxy) is 1. The second-order valence-corrected chi connectivity index (χ2v) is 4.12. The third kappa shape index (κ3) is 2.74. The van der Waals surface area contributed by atoms with Crippen molar-refractivity contribution in [3.8, 4) is 6.07 Å². The van der Waals surface area contributed by atoms with E-state index in [-0.39, 0.29) is 5.69 Å². The zero-order chi connectivity index (χ0) is 11.6. The van der Waals surface area contributed by atoms with Crippen molar-refractivity contribution in [2.24, 2.45) is 0 Å². The van der Waals surface area contributed by atoms with E-state index < -0.39 is 11.7 Å². The van der Waals surface area contributed by atoms with Gasteiger partial charge in [0.25, 0.3) is 0 Å². The van der Waals surface area contributed by atoms with Crippen LogP contribution in [0.1, 0.15) is 26.5 Å². The molecule has 0 unspecified atom stereocenters. The summed E-state index contributed by atoms with van der Waals surface area (Å²) in [6, 6.07) is 3.29. The van der Waals surface area contributed by atoms with E-state index >= 15 is 0 Å². The number of carbonyl (C=O) groups is 1. The highest BCUT2D eigenvalue weighted by molar-refractivity contribution is 5.74. The molecule has 0 saturated heterocycles. The van der Waals surface area contributed by atoms with Crippen molar-refractivity contribution in [2.75, 3.05) is 5.73 Å². The minimum Gasteiger partial charge on any atom is -0.443 e. The first-order valence-corrected chi connectivity index (χ1v) is 4.45. The van der Waals surface area contributed by atoms with Gasteiger partial charge in [-0.05, 0) is 26.8 Å². The highest BCUT2D eigenvalue weighted by Gasteiger charge is 2.19. The van der Waals surface area contributed by atoms with Crippen molar-refractivity contribution in [1.82, 2.24) is 4.57 Å². The van der Waals surface area contributed by atoms with Crippen LogP contribution in [0.25, 0.3) is 0 Å². The van der Waals surface area contributed by atoms with Crippen LogP contribution in [0.2, 0.25) is 0 Å². The van der Waals surface area contributed by atoms with Crippen LogP contribution in [0, 0.1) is 11.3 Å². The third-order valence-corrected chi connectivity index (χ3v) is 1.55. The lowest BCUT2D eigenvalue weighted by Gasteiger charge is -2.19. The minimum atomic E-state index is -0.601. The molecule has 0 fully saturated rings. The summed E-state index contributed by atoms with van der Waals surface area (Å²) in [4.78, 5) is 11.6. The average molecular weight is 207 g/mol. The molecule has 1 aromatic heterocycles. The Labute approximate surface area is 88.0 Å². The van der Waals surface area contributed by atoms with Crippen molar-refractivity contribution in [1.29, 1.82) is 5.26 Å². The molecule has 2 N–H and O–H groups in total. The fourth-order valence-electron chi connectivity index (χ4n) is 1.03. The standard InChI is InChI=1S/C10H13N3O2/c1-10(2,3)15-9(14)13-6-7(12)4-8(13)5-11/h4,6H,12H2,1-3H3. The maximum atomic E-state index is 11.6. The average Bonchev–Trinajstić information content (AvgIpc) is 2.43. The molecule has 0 saturated carbocycles. The van der Waals surface area contributed by atoms with E-state index in [0.29, 0.717) is 5.69 Å². The van der Waals surface area contributed by atoms with Gasteiger partial charge in [0.15, 0.2) is 0 Å². The quantitative estimate of drug-likeness (QED) is 0.702. The van der Waals surface area contributed by atoms with Crippen LogP contribution in [0.4, 0.5) is 10.5 Å². The van der Waals surface area contributed by atoms with Crippen LogP contribution in [-0.2, 0) is 4.74 Å². The summed E-state index contributed by atoms with van der Waals surface area (Å²) in [6.07, 6.45) is 0.767. The van der Waals surface area contributed by atoms with Crippen LogP contribution in [0.15, 0.2) is 12.3 Å². The number of nitrogen functional groups attached to an aromatic ring is 1. The van der Waals surface area contributed by atoms with Crippen molar-refractivity contribution in [2.45, 2.75) is 26.4 Å². The molecule has 0 amide bonds. The molecule has 0 bridgehead atoms. The summed E-state index contributed by atoms with van der Waals surface area (Å²) in [5.74, 6) is 0. The monoisotopic (exact) mass is 207 g/mol. The first kappa shape index (κ1) is 11.1. The molecule has 0 atom stereocenters. The van der Waals surface area contributed by atoms with Gasteiger partial charge in [-0.3, -0.25) is 0 Å². The number of aromatic nitrogens is 1. The van der Waals surface area contributed by atoms with Gasteiger partial charge in [-0.2, -0.15) is 5.26 Å². The van der Waals surface area contributed by atoms with Crippen LogP contribution >= 0.6 is 0 Å². The van der Waals surface area contributed by atoms with Gasteiger partial charge in [0.2, 0.25) is 0 Å². The predicted molar refractivity (Wildman–Crippen MR) is 55.2 cm³/mol. The summed E-state index contributed by atoms with van der Waals surface area (Å²) in [5, 5.41) is 8.74. The SMILES string of the molecule is CC(C)(C)OC(=O)n1cc(N)cc1C#N. The Hall–Kier alpha value is -1.96. The first-order chi connectivity index (χ1) is 6.83. The van der Waals surface area contributed by atoms with Crippen molar-refractivity contribution < 1.29 is 9.53 Å². The minimum absolute atomic E-state index is 0.168. The van der Waals surface area contributed by atoms with Crippen LogP contribution in [-0.4, -0.2) is 16.3 Å². The normalized spacial score (nSPS) is 10.8. The lowest BCUT2D eigenvalue weighted by atomic mass is 10.2. The van der Waals surface area contributed by atoms with E-state index in [0.717, 1.165) is 4.57 Å². The molecule has 5 nitrogen and oxygen atoms in total. The number of rotatable bonds is 0. The molecule has 15 heavy (non-hydrogen) atoms. The number of carbonyl (C=O) groups excluding carboxylic acids is 1. The maximum absolute atomic E-state index is 11.6. The Morgan fingerprint density at radius 1 is 1.60 bits per heavy atom. The van der Waals surface area contributed by atoms with Crippen LogP contribution in [0.3, 0.4) is 0 Å². The molecule has 0 radical (unpaired) electrons. The highest BCUT2D eigenvalue weighted by atomic mass is 16.6. The summed E-state index contributed by atoms with van der Waals surface area (Å²) in [5.41, 5.74) is 5.41. The summed E-state index contributed by atoms with van der Waals surface area (Å²) in [7, 11) is 0. The summed E-state index contributed by atoms with van der Waals surface area (Å²) in [6.45, 7) is 5.26. The predicted octanol–water partition coefficient (Wildman–Crippen LogP) is 1.73. The zero-order valence-corrected chi connectivity index (χ0v) is 8.94. The largest absolute Gasteiger partial charge is 0.443 e. The van der Waals surface area contributed by atoms with Crippen molar-refractivity contribution >= 4 is 11.8 Å². The van der Waals surface area contributed by atoms with Gasteiger partial charge in [-0.15, -0.1) is 0 Å². The Bertz CT molecular complexity index is 421. The molecule has 1 rings (SSSR count). The van der Waals surface area contributed by atoms with E-state index in [9.17, 15) is 4.79 Å².